The maximum Gasteiger partial charge on any atom is 0.282 e. The van der Waals surface area contributed by atoms with Crippen LogP contribution in [0.4, 0.5) is 11.4 Å². The molecule has 1 amide bonds. The quantitative estimate of drug-likeness (QED) is 0.357. The lowest BCUT2D eigenvalue weighted by Crippen LogP contribution is -2.34. The van der Waals surface area contributed by atoms with Crippen molar-refractivity contribution in [1.82, 2.24) is 5.32 Å². The van der Waals surface area contributed by atoms with E-state index in [2.05, 4.69) is 17.2 Å². The van der Waals surface area contributed by atoms with Crippen LogP contribution in [-0.4, -0.2) is 22.5 Å². The van der Waals surface area contributed by atoms with Crippen molar-refractivity contribution in [2.75, 3.05) is 11.9 Å². The van der Waals surface area contributed by atoms with Crippen LogP contribution < -0.4 is 15.4 Å². The number of nitrogens with one attached hydrogen (secondary N) is 2. The number of thiocarbonyl (C=S) groups is 1. The summed E-state index contributed by atoms with van der Waals surface area (Å²) >= 11 is 5.08. The van der Waals surface area contributed by atoms with Crippen LogP contribution in [0.3, 0.4) is 0 Å². The highest BCUT2D eigenvalue weighted by molar-refractivity contribution is 7.80. The van der Waals surface area contributed by atoms with Gasteiger partial charge in [-0.1, -0.05) is 30.9 Å². The molecule has 0 aliphatic rings. The predicted molar refractivity (Wildman–Crippen MR) is 98.9 cm³/mol. The van der Waals surface area contributed by atoms with Crippen LogP contribution in [0.5, 0.6) is 5.75 Å². The van der Waals surface area contributed by atoms with Gasteiger partial charge in [0.05, 0.1) is 4.92 Å². The zero-order valence-corrected chi connectivity index (χ0v) is 13.9. The molecule has 0 spiro atoms. The molecule has 8 heteroatoms. The number of nitrogens with zero attached hydrogens (tertiary/aromatic N) is 1. The molecule has 0 aromatic heterocycles. The van der Waals surface area contributed by atoms with E-state index >= 15 is 0 Å². The Hall–Kier alpha value is -3.26. The van der Waals surface area contributed by atoms with E-state index in [1.807, 2.05) is 0 Å². The van der Waals surface area contributed by atoms with Crippen molar-refractivity contribution in [1.29, 1.82) is 0 Å². The molecule has 0 unspecified atom stereocenters. The van der Waals surface area contributed by atoms with Gasteiger partial charge in [0.2, 0.25) is 0 Å². The van der Waals surface area contributed by atoms with Crippen LogP contribution >= 0.6 is 12.2 Å². The lowest BCUT2D eigenvalue weighted by atomic mass is 10.1. The predicted octanol–water partition coefficient (Wildman–Crippen LogP) is 3.29. The highest BCUT2D eigenvalue weighted by Gasteiger charge is 2.19. The van der Waals surface area contributed by atoms with Gasteiger partial charge in [0.1, 0.15) is 17.9 Å². The van der Waals surface area contributed by atoms with E-state index in [9.17, 15) is 14.9 Å². The Morgan fingerprint density at radius 2 is 2.04 bits per heavy atom. The van der Waals surface area contributed by atoms with Crippen molar-refractivity contribution in [3.05, 3.63) is 76.9 Å². The fraction of sp³-hybridized carbons (Fsp3) is 0.0588. The maximum absolute atomic E-state index is 12.2. The molecule has 0 saturated heterocycles. The van der Waals surface area contributed by atoms with Crippen LogP contribution in [0, 0.1) is 10.1 Å². The molecule has 7 nitrogen and oxygen atoms in total. The van der Waals surface area contributed by atoms with Crippen molar-refractivity contribution in [3.8, 4) is 5.75 Å². The van der Waals surface area contributed by atoms with Gasteiger partial charge in [0.25, 0.3) is 11.6 Å². The molecule has 0 aliphatic heterocycles. The lowest BCUT2D eigenvalue weighted by Gasteiger charge is -2.11. The van der Waals surface area contributed by atoms with Gasteiger partial charge >= 0.3 is 0 Å². The molecule has 0 saturated carbocycles. The number of carbonyl (C=O) groups excluding carboxylic acids is 1. The first-order valence-electron chi connectivity index (χ1n) is 7.21. The normalized spacial score (nSPS) is 9.76. The van der Waals surface area contributed by atoms with E-state index in [0.717, 1.165) is 0 Å². The van der Waals surface area contributed by atoms with Crippen molar-refractivity contribution in [2.24, 2.45) is 0 Å². The van der Waals surface area contributed by atoms with Crippen molar-refractivity contribution < 1.29 is 14.5 Å². The minimum absolute atomic E-state index is 0.0176. The van der Waals surface area contributed by atoms with E-state index in [0.29, 0.717) is 18.0 Å². The molecule has 128 valence electrons. The Bertz CT molecular complexity index is 823. The van der Waals surface area contributed by atoms with Gasteiger partial charge in [-0.25, -0.2) is 0 Å². The van der Waals surface area contributed by atoms with Gasteiger partial charge in [-0.05, 0) is 30.4 Å². The minimum atomic E-state index is -0.663. The number of rotatable bonds is 6. The molecule has 0 heterocycles. The second kappa shape index (κ2) is 8.55. The van der Waals surface area contributed by atoms with Crippen LogP contribution in [0.25, 0.3) is 0 Å². The van der Waals surface area contributed by atoms with E-state index in [4.69, 9.17) is 17.0 Å². The Kier molecular flexibility index (Phi) is 6.19. The van der Waals surface area contributed by atoms with Crippen molar-refractivity contribution in [2.45, 2.75) is 0 Å². The molecule has 0 atom stereocenters. The molecular formula is C17H15N3O4S. The van der Waals surface area contributed by atoms with E-state index in [-0.39, 0.29) is 16.4 Å². The summed E-state index contributed by atoms with van der Waals surface area (Å²) < 4.78 is 5.41. The van der Waals surface area contributed by atoms with E-state index < -0.39 is 10.8 Å². The van der Waals surface area contributed by atoms with Crippen LogP contribution in [0.15, 0.2) is 61.2 Å². The molecule has 0 radical (unpaired) electrons. The monoisotopic (exact) mass is 357 g/mol. The molecule has 2 N–H and O–H groups in total. The molecule has 0 bridgehead atoms. The summed E-state index contributed by atoms with van der Waals surface area (Å²) in [5.74, 6) is -0.0541. The number of hydrogen-bond acceptors (Lipinski definition) is 5. The molecular weight excluding hydrogens is 342 g/mol. The van der Waals surface area contributed by atoms with Crippen LogP contribution in [0.2, 0.25) is 0 Å². The zero-order chi connectivity index (χ0) is 18.2. The Morgan fingerprint density at radius 3 is 2.76 bits per heavy atom. The first-order valence-corrected chi connectivity index (χ1v) is 7.61. The Morgan fingerprint density at radius 1 is 1.28 bits per heavy atom. The highest BCUT2D eigenvalue weighted by atomic mass is 32.1. The third-order valence-electron chi connectivity index (χ3n) is 3.03. The lowest BCUT2D eigenvalue weighted by molar-refractivity contribution is -0.385. The van der Waals surface area contributed by atoms with E-state index in [1.54, 1.807) is 36.4 Å². The average Bonchev–Trinajstić information content (AvgIpc) is 2.60. The number of para-hydroxylation sites is 1. The third kappa shape index (κ3) is 5.11. The first kappa shape index (κ1) is 18.1. The van der Waals surface area contributed by atoms with Gasteiger partial charge < -0.3 is 10.1 Å². The standard InChI is InChI=1S/C17H15N3O4S/c1-2-10-24-13-7-5-6-12(11-13)18-17(25)19-16(21)14-8-3-4-9-15(14)20(22)23/h2-9,11H,1,10H2,(H2,18,19,21,25). The van der Waals surface area contributed by atoms with Crippen LogP contribution in [-0.2, 0) is 0 Å². The van der Waals surface area contributed by atoms with Crippen molar-refractivity contribution >= 4 is 34.6 Å². The summed E-state index contributed by atoms with van der Waals surface area (Å²) in [5.41, 5.74) is 0.247. The maximum atomic E-state index is 12.2. The van der Waals surface area contributed by atoms with Gasteiger partial charge in [0.15, 0.2) is 5.11 Å². The Balaban J connectivity index is 2.04. The number of nitro groups is 1. The average molecular weight is 357 g/mol. The van der Waals surface area contributed by atoms with Gasteiger partial charge in [-0.3, -0.25) is 20.2 Å². The highest BCUT2D eigenvalue weighted by Crippen LogP contribution is 2.19. The fourth-order valence-corrected chi connectivity index (χ4v) is 2.19. The minimum Gasteiger partial charge on any atom is -0.489 e. The van der Waals surface area contributed by atoms with E-state index in [1.165, 1.54) is 18.2 Å². The van der Waals surface area contributed by atoms with Crippen molar-refractivity contribution in [3.63, 3.8) is 0 Å². The Labute approximate surface area is 149 Å². The molecule has 2 rings (SSSR count). The molecule has 0 fully saturated rings. The zero-order valence-electron chi connectivity index (χ0n) is 13.1. The number of ether oxygens (including phenoxy) is 1. The van der Waals surface area contributed by atoms with Gasteiger partial charge in [-0.15, -0.1) is 0 Å². The topological polar surface area (TPSA) is 93.5 Å². The summed E-state index contributed by atoms with van der Waals surface area (Å²) in [5, 5.41) is 16.3. The summed E-state index contributed by atoms with van der Waals surface area (Å²) in [6.07, 6.45) is 1.62. The first-order chi connectivity index (χ1) is 12.0. The molecule has 2 aromatic rings. The third-order valence-corrected chi connectivity index (χ3v) is 3.24. The van der Waals surface area contributed by atoms with Gasteiger partial charge in [0, 0.05) is 17.8 Å². The largest absolute Gasteiger partial charge is 0.489 e. The molecule has 2 aromatic carbocycles. The second-order valence-electron chi connectivity index (χ2n) is 4.81. The number of anilines is 1. The van der Waals surface area contributed by atoms with Gasteiger partial charge in [-0.2, -0.15) is 0 Å². The fourth-order valence-electron chi connectivity index (χ4n) is 1.98. The van der Waals surface area contributed by atoms with Crippen LogP contribution in [0.1, 0.15) is 10.4 Å². The molecule has 0 aliphatic carbocycles. The summed E-state index contributed by atoms with van der Waals surface area (Å²) in [6, 6.07) is 12.6. The number of benzene rings is 2. The second-order valence-corrected chi connectivity index (χ2v) is 5.22. The summed E-state index contributed by atoms with van der Waals surface area (Å²) in [4.78, 5) is 22.6. The smallest absolute Gasteiger partial charge is 0.282 e. The molecule has 25 heavy (non-hydrogen) atoms. The summed E-state index contributed by atoms with van der Waals surface area (Å²) in [7, 11) is 0. The number of amides is 1. The summed E-state index contributed by atoms with van der Waals surface area (Å²) in [6.45, 7) is 3.93. The number of carbonyl (C=O) groups is 1. The number of hydrogen-bond donors (Lipinski definition) is 2. The number of nitro benzene ring substituents is 1. The SMILES string of the molecule is C=CCOc1cccc(NC(=S)NC(=O)c2ccccc2[N+](=O)[O-])c1.